The lowest BCUT2D eigenvalue weighted by Gasteiger charge is -2.16. The van der Waals surface area contributed by atoms with Crippen LogP contribution in [0.5, 0.6) is 0 Å². The van der Waals surface area contributed by atoms with Crippen LogP contribution in [0.4, 0.5) is 0 Å². The number of halogens is 1. The van der Waals surface area contributed by atoms with Crippen molar-refractivity contribution >= 4 is 12.4 Å². The fraction of sp³-hybridized carbons (Fsp3) is 0.714. The quantitative estimate of drug-likeness (QED) is 0.503. The molecule has 0 unspecified atom stereocenters. The van der Waals surface area contributed by atoms with Crippen molar-refractivity contribution in [3.05, 3.63) is 0 Å². The average Bonchev–Trinajstić information content (AvgIpc) is 1.90. The number of hydrogen-bond donors (Lipinski definition) is 1. The van der Waals surface area contributed by atoms with Gasteiger partial charge in [0.1, 0.15) is 0 Å². The van der Waals surface area contributed by atoms with Crippen LogP contribution in [0.2, 0.25) is 0 Å². The van der Waals surface area contributed by atoms with Gasteiger partial charge >= 0.3 is 0 Å². The molecule has 52 valence electrons. The minimum Gasteiger partial charge on any atom is -0.316 e. The summed E-state index contributed by atoms with van der Waals surface area (Å²) in [6.07, 6.45) is 7.67. The third kappa shape index (κ3) is 2.74. The number of nitrogens with one attached hydrogen (secondary N) is 1. The van der Waals surface area contributed by atoms with Gasteiger partial charge in [0.2, 0.25) is 0 Å². The van der Waals surface area contributed by atoms with Crippen molar-refractivity contribution in [3.63, 3.8) is 0 Å². The van der Waals surface area contributed by atoms with Gasteiger partial charge in [-0.1, -0.05) is 0 Å². The molecular formula is C7H12ClN. The van der Waals surface area contributed by atoms with Crippen molar-refractivity contribution in [2.75, 3.05) is 13.1 Å². The molecule has 0 spiro atoms. The summed E-state index contributed by atoms with van der Waals surface area (Å²) >= 11 is 0. The molecule has 2 heteroatoms. The topological polar surface area (TPSA) is 12.0 Å². The van der Waals surface area contributed by atoms with Crippen LogP contribution < -0.4 is 5.32 Å². The zero-order chi connectivity index (χ0) is 5.82. The fourth-order valence-corrected chi connectivity index (χ4v) is 0.994. The van der Waals surface area contributed by atoms with Crippen molar-refractivity contribution < 1.29 is 0 Å². The van der Waals surface area contributed by atoms with Crippen molar-refractivity contribution in [2.24, 2.45) is 5.92 Å². The highest BCUT2D eigenvalue weighted by molar-refractivity contribution is 5.85. The summed E-state index contributed by atoms with van der Waals surface area (Å²) < 4.78 is 0. The van der Waals surface area contributed by atoms with Crippen LogP contribution in [0.1, 0.15) is 12.8 Å². The van der Waals surface area contributed by atoms with E-state index in [2.05, 4.69) is 11.2 Å². The predicted molar refractivity (Wildman–Crippen MR) is 41.7 cm³/mol. The van der Waals surface area contributed by atoms with Crippen molar-refractivity contribution in [1.29, 1.82) is 0 Å². The zero-order valence-corrected chi connectivity index (χ0v) is 6.21. The number of rotatable bonds is 0. The van der Waals surface area contributed by atoms with Crippen molar-refractivity contribution in [3.8, 4) is 12.3 Å². The van der Waals surface area contributed by atoms with Gasteiger partial charge in [-0.15, -0.1) is 24.8 Å². The van der Waals surface area contributed by atoms with Crippen molar-refractivity contribution in [1.82, 2.24) is 5.32 Å². The first kappa shape index (κ1) is 8.81. The maximum atomic E-state index is 5.21. The second kappa shape index (κ2) is 4.67. The molecule has 0 aromatic heterocycles. The molecule has 0 aromatic carbocycles. The van der Waals surface area contributed by atoms with Gasteiger partial charge in [-0.05, 0) is 19.4 Å². The van der Waals surface area contributed by atoms with E-state index < -0.39 is 0 Å². The molecule has 0 radical (unpaired) electrons. The van der Waals surface area contributed by atoms with Crippen LogP contribution in [0.15, 0.2) is 0 Å². The molecular weight excluding hydrogens is 134 g/mol. The molecule has 9 heavy (non-hydrogen) atoms. The first-order valence-electron chi connectivity index (χ1n) is 3.10. The molecule has 1 heterocycles. The first-order valence-corrected chi connectivity index (χ1v) is 3.10. The van der Waals surface area contributed by atoms with Gasteiger partial charge in [0.25, 0.3) is 0 Å². The third-order valence-electron chi connectivity index (χ3n) is 1.53. The van der Waals surface area contributed by atoms with Gasteiger partial charge in [0.05, 0.1) is 0 Å². The highest BCUT2D eigenvalue weighted by Gasteiger charge is 2.07. The molecule has 1 aliphatic rings. The van der Waals surface area contributed by atoms with Crippen LogP contribution in [-0.4, -0.2) is 13.1 Å². The van der Waals surface area contributed by atoms with E-state index in [1.54, 1.807) is 0 Å². The van der Waals surface area contributed by atoms with E-state index in [9.17, 15) is 0 Å². The lowest BCUT2D eigenvalue weighted by molar-refractivity contribution is 0.449. The van der Waals surface area contributed by atoms with Crippen LogP contribution >= 0.6 is 12.4 Å². The minimum atomic E-state index is 0. The van der Waals surface area contributed by atoms with Gasteiger partial charge in [-0.3, -0.25) is 0 Å². The SMILES string of the molecule is C#C[C@@H]1CCCNC1.Cl. The standard InChI is InChI=1S/C7H11N.ClH/c1-2-7-4-3-5-8-6-7;/h1,7-8H,3-6H2;1H/t7-;/m1./s1. The summed E-state index contributed by atoms with van der Waals surface area (Å²) in [5.41, 5.74) is 0. The molecule has 1 fully saturated rings. The third-order valence-corrected chi connectivity index (χ3v) is 1.53. The molecule has 0 aliphatic carbocycles. The Morgan fingerprint density at radius 2 is 2.33 bits per heavy atom. The summed E-state index contributed by atoms with van der Waals surface area (Å²) in [5.74, 6) is 3.24. The molecule has 1 saturated heterocycles. The van der Waals surface area contributed by atoms with Gasteiger partial charge in [0, 0.05) is 12.5 Å². The Kier molecular flexibility index (Phi) is 4.57. The maximum absolute atomic E-state index is 5.21. The van der Waals surface area contributed by atoms with Gasteiger partial charge in [-0.25, -0.2) is 0 Å². The van der Waals surface area contributed by atoms with Crippen LogP contribution in [0.25, 0.3) is 0 Å². The Labute approximate surface area is 62.6 Å². The van der Waals surface area contributed by atoms with Gasteiger partial charge < -0.3 is 5.32 Å². The lowest BCUT2D eigenvalue weighted by Crippen LogP contribution is -2.28. The van der Waals surface area contributed by atoms with Gasteiger partial charge in [-0.2, -0.15) is 0 Å². The molecule has 0 aromatic rings. The molecule has 1 N–H and O–H groups in total. The Balaban J connectivity index is 0.000000640. The summed E-state index contributed by atoms with van der Waals surface area (Å²) in [6.45, 7) is 2.18. The molecule has 0 bridgehead atoms. The highest BCUT2D eigenvalue weighted by Crippen LogP contribution is 2.06. The highest BCUT2D eigenvalue weighted by atomic mass is 35.5. The number of piperidine rings is 1. The van der Waals surface area contributed by atoms with E-state index in [1.807, 2.05) is 0 Å². The monoisotopic (exact) mass is 145 g/mol. The Bertz CT molecular complexity index is 100.0. The Morgan fingerprint density at radius 1 is 1.56 bits per heavy atom. The number of terminal acetylenes is 1. The molecule has 1 aliphatic heterocycles. The molecule has 0 saturated carbocycles. The molecule has 1 rings (SSSR count). The Morgan fingerprint density at radius 3 is 2.67 bits per heavy atom. The second-order valence-corrected chi connectivity index (χ2v) is 2.21. The summed E-state index contributed by atoms with van der Waals surface area (Å²) in [7, 11) is 0. The van der Waals surface area contributed by atoms with E-state index in [0.29, 0.717) is 5.92 Å². The maximum Gasteiger partial charge on any atom is 0.0325 e. The fourth-order valence-electron chi connectivity index (χ4n) is 0.994. The van der Waals surface area contributed by atoms with E-state index in [-0.39, 0.29) is 12.4 Å². The van der Waals surface area contributed by atoms with Gasteiger partial charge in [0.15, 0.2) is 0 Å². The lowest BCUT2D eigenvalue weighted by atomic mass is 10.0. The predicted octanol–water partition coefficient (Wildman–Crippen LogP) is 1.04. The largest absolute Gasteiger partial charge is 0.316 e. The number of hydrogen-bond acceptors (Lipinski definition) is 1. The van der Waals surface area contributed by atoms with E-state index in [4.69, 9.17) is 6.42 Å². The summed E-state index contributed by atoms with van der Waals surface area (Å²) in [6, 6.07) is 0. The summed E-state index contributed by atoms with van der Waals surface area (Å²) in [5, 5.41) is 3.24. The van der Waals surface area contributed by atoms with Crippen LogP contribution in [0.3, 0.4) is 0 Å². The molecule has 1 nitrogen and oxygen atoms in total. The second-order valence-electron chi connectivity index (χ2n) is 2.21. The summed E-state index contributed by atoms with van der Waals surface area (Å²) in [4.78, 5) is 0. The molecule has 1 atom stereocenters. The van der Waals surface area contributed by atoms with Crippen LogP contribution in [0, 0.1) is 18.3 Å². The Hall–Kier alpha value is -0.190. The normalized spacial score (nSPS) is 25.9. The van der Waals surface area contributed by atoms with E-state index in [1.165, 1.54) is 12.8 Å². The smallest absolute Gasteiger partial charge is 0.0325 e. The van der Waals surface area contributed by atoms with E-state index >= 15 is 0 Å². The first-order chi connectivity index (χ1) is 3.93. The van der Waals surface area contributed by atoms with Crippen molar-refractivity contribution in [2.45, 2.75) is 12.8 Å². The zero-order valence-electron chi connectivity index (χ0n) is 5.39. The van der Waals surface area contributed by atoms with E-state index in [0.717, 1.165) is 13.1 Å². The van der Waals surface area contributed by atoms with Crippen LogP contribution in [-0.2, 0) is 0 Å². The average molecular weight is 146 g/mol. The molecule has 0 amide bonds. The minimum absolute atomic E-state index is 0.